The first-order chi connectivity index (χ1) is 14.0. The lowest BCUT2D eigenvalue weighted by Crippen LogP contribution is -2.62. The Hall–Kier alpha value is -1.86. The number of ether oxygens (including phenoxy) is 2. The standard InChI is InChI=1S/C23H27FO6/c1-12(25)29-11-18(27)22(28)7-5-14-15-9-17(24)16-8-13(26)4-6-20(16,2)23(15)19(30-23)10-21(14,22)3/h4,6,8,14-15,17,19,28H,5,7,9-11H2,1-3H3/t14?,15?,17-,19-,20-,21-,22-,23+/m0/s1. The Bertz CT molecular complexity index is 925. The van der Waals surface area contributed by atoms with Gasteiger partial charge in [0.1, 0.15) is 17.4 Å². The van der Waals surface area contributed by atoms with Crippen molar-refractivity contribution in [3.8, 4) is 0 Å². The van der Waals surface area contributed by atoms with E-state index in [2.05, 4.69) is 0 Å². The highest BCUT2D eigenvalue weighted by atomic mass is 19.1. The molecule has 30 heavy (non-hydrogen) atoms. The Morgan fingerprint density at radius 3 is 2.77 bits per heavy atom. The SMILES string of the molecule is CC(=O)OCC(=O)[C@@]1(O)CCC2C3C[C@H](F)C4=CC(=O)C=C[C@]4(C)[C@@]34O[C@H]4C[C@@]21C. The molecule has 5 rings (SSSR count). The number of ketones is 2. The Morgan fingerprint density at radius 1 is 1.33 bits per heavy atom. The van der Waals surface area contributed by atoms with Crippen molar-refractivity contribution >= 4 is 17.5 Å². The van der Waals surface area contributed by atoms with Gasteiger partial charge in [-0.05, 0) is 62.2 Å². The molecule has 6 nitrogen and oxygen atoms in total. The summed E-state index contributed by atoms with van der Waals surface area (Å²) in [5.74, 6) is -1.56. The number of carbonyl (C=O) groups is 3. The first kappa shape index (κ1) is 20.1. The zero-order chi connectivity index (χ0) is 21.7. The molecule has 3 saturated carbocycles. The van der Waals surface area contributed by atoms with Gasteiger partial charge in [0.25, 0.3) is 0 Å². The maximum absolute atomic E-state index is 15.3. The fraction of sp³-hybridized carbons (Fsp3) is 0.696. The van der Waals surface area contributed by atoms with Crippen LogP contribution >= 0.6 is 0 Å². The zero-order valence-electron chi connectivity index (χ0n) is 17.4. The Morgan fingerprint density at radius 2 is 2.07 bits per heavy atom. The topological polar surface area (TPSA) is 93.2 Å². The third kappa shape index (κ3) is 2.18. The molecule has 1 spiro atoms. The average Bonchev–Trinajstić information content (AvgIpc) is 3.34. The van der Waals surface area contributed by atoms with Crippen molar-refractivity contribution in [2.75, 3.05) is 6.61 Å². The van der Waals surface area contributed by atoms with Gasteiger partial charge in [0, 0.05) is 17.8 Å². The number of Topliss-reactive ketones (excluding diaryl/α,β-unsaturated/α-hetero) is 1. The summed E-state index contributed by atoms with van der Waals surface area (Å²) in [4.78, 5) is 36.0. The summed E-state index contributed by atoms with van der Waals surface area (Å²) < 4.78 is 26.5. The number of carbonyl (C=O) groups excluding carboxylic acids is 3. The molecule has 0 aromatic carbocycles. The molecule has 4 aliphatic carbocycles. The van der Waals surface area contributed by atoms with Crippen molar-refractivity contribution in [1.29, 1.82) is 0 Å². The van der Waals surface area contributed by atoms with Crippen molar-refractivity contribution in [3.63, 3.8) is 0 Å². The normalized spacial score (nSPS) is 50.6. The lowest BCUT2D eigenvalue weighted by Gasteiger charge is -2.56. The summed E-state index contributed by atoms with van der Waals surface area (Å²) in [6.07, 6.45) is 4.73. The van der Waals surface area contributed by atoms with Crippen LogP contribution in [0.4, 0.5) is 4.39 Å². The van der Waals surface area contributed by atoms with E-state index in [0.29, 0.717) is 18.4 Å². The minimum atomic E-state index is -1.63. The van der Waals surface area contributed by atoms with Crippen LogP contribution < -0.4 is 0 Å². The van der Waals surface area contributed by atoms with Crippen LogP contribution in [0, 0.1) is 22.7 Å². The molecule has 0 amide bonds. The van der Waals surface area contributed by atoms with Gasteiger partial charge in [0.2, 0.25) is 5.78 Å². The van der Waals surface area contributed by atoms with Gasteiger partial charge in [-0.2, -0.15) is 0 Å². The van der Waals surface area contributed by atoms with E-state index in [1.54, 1.807) is 6.08 Å². The molecular formula is C23H27FO6. The second kappa shape index (κ2) is 5.88. The smallest absolute Gasteiger partial charge is 0.303 e. The monoisotopic (exact) mass is 418 g/mol. The minimum absolute atomic E-state index is 0.106. The highest BCUT2D eigenvalue weighted by molar-refractivity contribution is 6.01. The Kier molecular flexibility index (Phi) is 3.94. The number of esters is 1. The second-order valence-electron chi connectivity index (χ2n) is 10.1. The van der Waals surface area contributed by atoms with Gasteiger partial charge < -0.3 is 14.6 Å². The predicted molar refractivity (Wildman–Crippen MR) is 103 cm³/mol. The van der Waals surface area contributed by atoms with E-state index in [-0.39, 0.29) is 36.6 Å². The largest absolute Gasteiger partial charge is 0.458 e. The third-order valence-electron chi connectivity index (χ3n) is 8.94. The molecule has 4 fully saturated rings. The summed E-state index contributed by atoms with van der Waals surface area (Å²) in [5, 5.41) is 11.5. The van der Waals surface area contributed by atoms with Gasteiger partial charge in [-0.25, -0.2) is 4.39 Å². The molecule has 0 bridgehead atoms. The van der Waals surface area contributed by atoms with Gasteiger partial charge in [0.05, 0.1) is 6.10 Å². The number of rotatable bonds is 3. The van der Waals surface area contributed by atoms with Crippen molar-refractivity contribution in [2.45, 2.75) is 69.9 Å². The van der Waals surface area contributed by atoms with Gasteiger partial charge in [-0.15, -0.1) is 0 Å². The summed E-state index contributed by atoms with van der Waals surface area (Å²) in [7, 11) is 0. The first-order valence-corrected chi connectivity index (χ1v) is 10.7. The fourth-order valence-electron chi connectivity index (χ4n) is 7.39. The molecule has 0 aromatic heterocycles. The lowest BCUT2D eigenvalue weighted by molar-refractivity contribution is -0.166. The molecule has 162 valence electrons. The van der Waals surface area contributed by atoms with Gasteiger partial charge in [0.15, 0.2) is 12.4 Å². The van der Waals surface area contributed by atoms with Crippen molar-refractivity contribution in [2.24, 2.45) is 22.7 Å². The zero-order valence-corrected chi connectivity index (χ0v) is 17.4. The summed E-state index contributed by atoms with van der Waals surface area (Å²) in [6, 6.07) is 0. The van der Waals surface area contributed by atoms with Gasteiger partial charge in [-0.3, -0.25) is 14.4 Å². The van der Waals surface area contributed by atoms with E-state index in [0.717, 1.165) is 0 Å². The number of hydrogen-bond acceptors (Lipinski definition) is 6. The molecule has 1 N–H and O–H groups in total. The van der Waals surface area contributed by atoms with Gasteiger partial charge in [-0.1, -0.05) is 13.0 Å². The fourth-order valence-corrected chi connectivity index (χ4v) is 7.39. The predicted octanol–water partition coefficient (Wildman–Crippen LogP) is 2.24. The second-order valence-corrected chi connectivity index (χ2v) is 10.1. The molecular weight excluding hydrogens is 391 g/mol. The number of fused-ring (bicyclic) bond motifs is 3. The molecule has 0 radical (unpaired) electrons. The summed E-state index contributed by atoms with van der Waals surface area (Å²) in [6.45, 7) is 4.59. The molecule has 1 saturated heterocycles. The summed E-state index contributed by atoms with van der Waals surface area (Å²) >= 11 is 0. The highest BCUT2D eigenvalue weighted by Gasteiger charge is 2.82. The first-order valence-electron chi connectivity index (χ1n) is 10.7. The van der Waals surface area contributed by atoms with Crippen LogP contribution in [0.25, 0.3) is 0 Å². The van der Waals surface area contributed by atoms with E-state index in [9.17, 15) is 19.5 Å². The number of aliphatic hydroxyl groups is 1. The van der Waals surface area contributed by atoms with E-state index in [1.165, 1.54) is 19.1 Å². The average molecular weight is 418 g/mol. The third-order valence-corrected chi connectivity index (χ3v) is 8.94. The van der Waals surface area contributed by atoms with E-state index in [1.807, 2.05) is 13.8 Å². The molecule has 1 aliphatic heterocycles. The van der Waals surface area contributed by atoms with Crippen LogP contribution in [-0.4, -0.2) is 52.7 Å². The number of hydrogen-bond donors (Lipinski definition) is 1. The number of alkyl halides is 1. The quantitative estimate of drug-likeness (QED) is 0.558. The summed E-state index contributed by atoms with van der Waals surface area (Å²) in [5.41, 5.74) is -3.25. The van der Waals surface area contributed by atoms with Crippen LogP contribution in [0.5, 0.6) is 0 Å². The van der Waals surface area contributed by atoms with Crippen LogP contribution in [0.3, 0.4) is 0 Å². The van der Waals surface area contributed by atoms with Crippen molar-refractivity contribution in [1.82, 2.24) is 0 Å². The molecule has 1 heterocycles. The van der Waals surface area contributed by atoms with E-state index < -0.39 is 46.6 Å². The maximum Gasteiger partial charge on any atom is 0.303 e. The van der Waals surface area contributed by atoms with Crippen LogP contribution in [0.2, 0.25) is 0 Å². The van der Waals surface area contributed by atoms with Crippen LogP contribution in [-0.2, 0) is 23.9 Å². The molecule has 8 atom stereocenters. The van der Waals surface area contributed by atoms with E-state index in [4.69, 9.17) is 9.47 Å². The Labute approximate surface area is 174 Å². The number of halogens is 1. The maximum atomic E-state index is 15.3. The molecule has 5 aliphatic rings. The lowest BCUT2D eigenvalue weighted by atomic mass is 9.46. The van der Waals surface area contributed by atoms with Crippen molar-refractivity contribution in [3.05, 3.63) is 23.8 Å². The molecule has 2 unspecified atom stereocenters. The van der Waals surface area contributed by atoms with Gasteiger partial charge >= 0.3 is 5.97 Å². The number of epoxide rings is 1. The molecule has 7 heteroatoms. The molecule has 0 aromatic rings. The highest BCUT2D eigenvalue weighted by Crippen LogP contribution is 2.76. The minimum Gasteiger partial charge on any atom is -0.458 e. The van der Waals surface area contributed by atoms with E-state index >= 15 is 4.39 Å². The Balaban J connectivity index is 1.52. The van der Waals surface area contributed by atoms with Crippen molar-refractivity contribution < 1.29 is 33.4 Å². The number of allylic oxidation sites excluding steroid dienone is 2. The van der Waals surface area contributed by atoms with Crippen LogP contribution in [0.15, 0.2) is 23.8 Å². The van der Waals surface area contributed by atoms with Crippen LogP contribution in [0.1, 0.15) is 46.5 Å².